The van der Waals surface area contributed by atoms with E-state index >= 15 is 0 Å². The van der Waals surface area contributed by atoms with Crippen LogP contribution in [0.4, 0.5) is 11.4 Å². The molecule has 16 heavy (non-hydrogen) atoms. The van der Waals surface area contributed by atoms with Gasteiger partial charge in [-0.1, -0.05) is 12.1 Å². The van der Waals surface area contributed by atoms with Crippen LogP contribution in [0.15, 0.2) is 24.3 Å². The number of nitrogens with zero attached hydrogens (tertiary/aromatic N) is 1. The topological polar surface area (TPSA) is 52.6 Å². The molecule has 1 heterocycles. The van der Waals surface area contributed by atoms with Crippen LogP contribution in [0.3, 0.4) is 0 Å². The van der Waals surface area contributed by atoms with E-state index < -0.39 is 11.6 Å². The molecule has 1 atom stereocenters. The molecule has 0 aliphatic carbocycles. The van der Waals surface area contributed by atoms with Crippen molar-refractivity contribution in [2.75, 3.05) is 17.3 Å². The molecule has 0 unspecified atom stereocenters. The first-order valence-electron chi connectivity index (χ1n) is 5.27. The lowest BCUT2D eigenvalue weighted by Gasteiger charge is -2.38. The third-order valence-electron chi connectivity index (χ3n) is 2.85. The minimum Gasteiger partial charge on any atom is -0.388 e. The maximum Gasteiger partial charge on any atom is 0.252 e. The van der Waals surface area contributed by atoms with Gasteiger partial charge in [-0.25, -0.2) is 0 Å². The molecule has 0 radical (unpaired) electrons. The number of carbonyl (C=O) groups excluding carboxylic acids is 1. The van der Waals surface area contributed by atoms with Crippen LogP contribution in [0.5, 0.6) is 0 Å². The lowest BCUT2D eigenvalue weighted by atomic mass is 9.95. The Bertz CT molecular complexity index is 423. The van der Waals surface area contributed by atoms with E-state index in [0.717, 1.165) is 11.4 Å². The Morgan fingerprint density at radius 2 is 2.00 bits per heavy atom. The summed E-state index contributed by atoms with van der Waals surface area (Å²) in [7, 11) is 1.72. The van der Waals surface area contributed by atoms with E-state index in [1.807, 2.05) is 24.3 Å². The highest BCUT2D eigenvalue weighted by atomic mass is 16.3. The summed E-state index contributed by atoms with van der Waals surface area (Å²) in [5, 5.41) is 13.0. The molecule has 1 aliphatic rings. The highest BCUT2D eigenvalue weighted by Crippen LogP contribution is 2.32. The van der Waals surface area contributed by atoms with Crippen LogP contribution in [-0.4, -0.2) is 29.7 Å². The predicted octanol–water partition coefficient (Wildman–Crippen LogP) is 1.21. The monoisotopic (exact) mass is 220 g/mol. The molecule has 1 aromatic rings. The van der Waals surface area contributed by atoms with Gasteiger partial charge in [-0.2, -0.15) is 0 Å². The number of para-hydroxylation sites is 2. The molecule has 86 valence electrons. The van der Waals surface area contributed by atoms with Crippen molar-refractivity contribution >= 4 is 17.3 Å². The first-order valence-corrected chi connectivity index (χ1v) is 5.27. The van der Waals surface area contributed by atoms with Gasteiger partial charge < -0.3 is 15.3 Å². The van der Waals surface area contributed by atoms with Crippen molar-refractivity contribution in [3.8, 4) is 0 Å². The van der Waals surface area contributed by atoms with Crippen molar-refractivity contribution in [2.24, 2.45) is 0 Å². The van der Waals surface area contributed by atoms with Gasteiger partial charge >= 0.3 is 0 Å². The van der Waals surface area contributed by atoms with Gasteiger partial charge in [-0.05, 0) is 26.0 Å². The summed E-state index contributed by atoms with van der Waals surface area (Å²) in [4.78, 5) is 13.6. The summed E-state index contributed by atoms with van der Waals surface area (Å²) in [6.45, 7) is 3.26. The summed E-state index contributed by atoms with van der Waals surface area (Å²) >= 11 is 0. The van der Waals surface area contributed by atoms with Gasteiger partial charge in [0.1, 0.15) is 6.04 Å². The van der Waals surface area contributed by atoms with E-state index in [2.05, 4.69) is 5.32 Å². The van der Waals surface area contributed by atoms with Gasteiger partial charge in [0.2, 0.25) is 0 Å². The fraction of sp³-hybridized carbons (Fsp3) is 0.417. The number of nitrogens with one attached hydrogen (secondary N) is 1. The maximum absolute atomic E-state index is 12.0. The van der Waals surface area contributed by atoms with E-state index in [4.69, 9.17) is 0 Å². The molecule has 0 bridgehead atoms. The van der Waals surface area contributed by atoms with Gasteiger partial charge in [-0.15, -0.1) is 0 Å². The molecule has 0 aromatic heterocycles. The highest BCUT2D eigenvalue weighted by molar-refractivity contribution is 6.05. The number of aliphatic hydroxyl groups is 1. The summed E-state index contributed by atoms with van der Waals surface area (Å²) in [6, 6.07) is 6.95. The quantitative estimate of drug-likeness (QED) is 0.748. The van der Waals surface area contributed by atoms with Crippen LogP contribution >= 0.6 is 0 Å². The molecular formula is C12H16N2O2. The molecule has 0 saturated carbocycles. The number of fused-ring (bicyclic) bond motifs is 1. The minimum absolute atomic E-state index is 0.119. The van der Waals surface area contributed by atoms with Gasteiger partial charge in [0, 0.05) is 7.05 Å². The van der Waals surface area contributed by atoms with E-state index in [1.54, 1.807) is 25.8 Å². The van der Waals surface area contributed by atoms with E-state index in [0.29, 0.717) is 0 Å². The predicted molar refractivity (Wildman–Crippen MR) is 63.6 cm³/mol. The first-order chi connectivity index (χ1) is 7.41. The Hall–Kier alpha value is -1.55. The molecule has 0 fully saturated rings. The van der Waals surface area contributed by atoms with Crippen molar-refractivity contribution in [1.82, 2.24) is 0 Å². The van der Waals surface area contributed by atoms with Crippen molar-refractivity contribution in [3.63, 3.8) is 0 Å². The van der Waals surface area contributed by atoms with E-state index in [9.17, 15) is 9.90 Å². The smallest absolute Gasteiger partial charge is 0.252 e. The summed E-state index contributed by atoms with van der Waals surface area (Å²) in [6.07, 6.45) is 0. The molecule has 1 aromatic carbocycles. The van der Waals surface area contributed by atoms with Gasteiger partial charge in [0.25, 0.3) is 5.91 Å². The van der Waals surface area contributed by atoms with Crippen LogP contribution in [0.25, 0.3) is 0 Å². The normalized spacial score (nSPS) is 20.4. The lowest BCUT2D eigenvalue weighted by Crippen LogP contribution is -2.55. The van der Waals surface area contributed by atoms with Crippen molar-refractivity contribution in [3.05, 3.63) is 24.3 Å². The van der Waals surface area contributed by atoms with Gasteiger partial charge in [0.05, 0.1) is 17.0 Å². The number of carbonyl (C=O) groups is 1. The summed E-state index contributed by atoms with van der Waals surface area (Å²) in [5.74, 6) is -0.119. The zero-order chi connectivity index (χ0) is 11.9. The van der Waals surface area contributed by atoms with Crippen LogP contribution in [0, 0.1) is 0 Å². The molecule has 1 aliphatic heterocycles. The Kier molecular flexibility index (Phi) is 2.39. The highest BCUT2D eigenvalue weighted by Gasteiger charge is 2.39. The Morgan fingerprint density at radius 3 is 2.62 bits per heavy atom. The Balaban J connectivity index is 2.44. The van der Waals surface area contributed by atoms with E-state index in [-0.39, 0.29) is 5.91 Å². The second kappa shape index (κ2) is 3.49. The first kappa shape index (κ1) is 11.0. The lowest BCUT2D eigenvalue weighted by molar-refractivity contribution is -0.123. The molecule has 2 rings (SSSR count). The molecule has 1 amide bonds. The standard InChI is InChI=1S/C12H16N2O2/c1-12(2,16)10-11(15)14(3)9-7-5-4-6-8(9)13-10/h4-7,10,13,16H,1-3H3/t10-/m1/s1. The molecule has 4 heteroatoms. The number of benzene rings is 1. The number of hydrogen-bond acceptors (Lipinski definition) is 3. The maximum atomic E-state index is 12.0. The Morgan fingerprint density at radius 1 is 1.38 bits per heavy atom. The summed E-state index contributed by atoms with van der Waals surface area (Å²) in [5.41, 5.74) is 0.628. The SMILES string of the molecule is CN1C(=O)[C@H](C(C)(C)O)Nc2ccccc21. The Labute approximate surface area is 94.9 Å². The van der Waals surface area contributed by atoms with Crippen LogP contribution < -0.4 is 10.2 Å². The van der Waals surface area contributed by atoms with Gasteiger partial charge in [-0.3, -0.25) is 4.79 Å². The summed E-state index contributed by atoms with van der Waals surface area (Å²) < 4.78 is 0. The second-order valence-electron chi connectivity index (χ2n) is 4.65. The average Bonchev–Trinajstić information content (AvgIpc) is 2.22. The number of rotatable bonds is 1. The van der Waals surface area contributed by atoms with Gasteiger partial charge in [0.15, 0.2) is 0 Å². The largest absolute Gasteiger partial charge is 0.388 e. The van der Waals surface area contributed by atoms with Crippen molar-refractivity contribution < 1.29 is 9.90 Å². The average molecular weight is 220 g/mol. The minimum atomic E-state index is -1.08. The zero-order valence-corrected chi connectivity index (χ0v) is 9.69. The number of anilines is 2. The van der Waals surface area contributed by atoms with Crippen LogP contribution in [0.2, 0.25) is 0 Å². The molecular weight excluding hydrogens is 204 g/mol. The molecule has 4 nitrogen and oxygen atoms in total. The fourth-order valence-corrected chi connectivity index (χ4v) is 1.90. The van der Waals surface area contributed by atoms with Crippen LogP contribution in [-0.2, 0) is 4.79 Å². The third-order valence-corrected chi connectivity index (χ3v) is 2.85. The number of amides is 1. The number of hydrogen-bond donors (Lipinski definition) is 2. The number of likely N-dealkylation sites (N-methyl/N-ethyl adjacent to an activating group) is 1. The third kappa shape index (κ3) is 1.65. The van der Waals surface area contributed by atoms with Crippen LogP contribution in [0.1, 0.15) is 13.8 Å². The molecule has 2 N–H and O–H groups in total. The molecule has 0 saturated heterocycles. The van der Waals surface area contributed by atoms with Crippen molar-refractivity contribution in [2.45, 2.75) is 25.5 Å². The zero-order valence-electron chi connectivity index (χ0n) is 9.69. The fourth-order valence-electron chi connectivity index (χ4n) is 1.90. The van der Waals surface area contributed by atoms with Crippen molar-refractivity contribution in [1.29, 1.82) is 0 Å². The molecule has 0 spiro atoms. The van der Waals surface area contributed by atoms with E-state index in [1.165, 1.54) is 0 Å². The second-order valence-corrected chi connectivity index (χ2v) is 4.65.